The van der Waals surface area contributed by atoms with Crippen molar-refractivity contribution in [3.05, 3.63) is 35.4 Å². The molecule has 2 aliphatic rings. The predicted molar refractivity (Wildman–Crippen MR) is 92.7 cm³/mol. The van der Waals surface area contributed by atoms with Crippen LogP contribution in [0.15, 0.2) is 24.3 Å². The third-order valence-electron chi connectivity index (χ3n) is 5.66. The van der Waals surface area contributed by atoms with Gasteiger partial charge in [-0.2, -0.15) is 0 Å². The van der Waals surface area contributed by atoms with Crippen molar-refractivity contribution in [1.82, 2.24) is 4.90 Å². The van der Waals surface area contributed by atoms with Crippen molar-refractivity contribution in [2.75, 3.05) is 13.1 Å². The van der Waals surface area contributed by atoms with Gasteiger partial charge < -0.3 is 10.0 Å². The summed E-state index contributed by atoms with van der Waals surface area (Å²) < 4.78 is 0. The van der Waals surface area contributed by atoms with Crippen LogP contribution in [0, 0.1) is 24.7 Å². The van der Waals surface area contributed by atoms with Gasteiger partial charge in [0.25, 0.3) is 0 Å². The molecule has 3 atom stereocenters. The SMILES string of the molecule is Cc1cccc(CC(CC(=O)N2C[C@H]3CCCC[C@H]3C2)C(=O)O)c1. The molecule has 1 aliphatic carbocycles. The van der Waals surface area contributed by atoms with Gasteiger partial charge in [-0.05, 0) is 43.6 Å². The second-order valence-corrected chi connectivity index (χ2v) is 7.54. The van der Waals surface area contributed by atoms with E-state index in [1.54, 1.807) is 0 Å². The van der Waals surface area contributed by atoms with E-state index >= 15 is 0 Å². The number of hydrogen-bond donors (Lipinski definition) is 1. The van der Waals surface area contributed by atoms with Crippen LogP contribution in [0.3, 0.4) is 0 Å². The number of rotatable bonds is 5. The topological polar surface area (TPSA) is 57.6 Å². The van der Waals surface area contributed by atoms with Gasteiger partial charge in [-0.1, -0.05) is 42.7 Å². The molecular weight excluding hydrogens is 302 g/mol. The molecule has 0 aromatic heterocycles. The minimum absolute atomic E-state index is 0.0180. The lowest BCUT2D eigenvalue weighted by Gasteiger charge is -2.22. The fraction of sp³-hybridized carbons (Fsp3) is 0.600. The lowest BCUT2D eigenvalue weighted by molar-refractivity contribution is -0.145. The van der Waals surface area contributed by atoms with Gasteiger partial charge in [-0.25, -0.2) is 0 Å². The summed E-state index contributed by atoms with van der Waals surface area (Å²) in [5.74, 6) is -0.210. The van der Waals surface area contributed by atoms with Crippen LogP contribution in [0.1, 0.15) is 43.2 Å². The number of carbonyl (C=O) groups excluding carboxylic acids is 1. The predicted octanol–water partition coefficient (Wildman–Crippen LogP) is 3.28. The molecule has 1 amide bonds. The molecule has 0 bridgehead atoms. The zero-order valence-electron chi connectivity index (χ0n) is 14.4. The Morgan fingerprint density at radius 1 is 1.21 bits per heavy atom. The molecule has 2 fully saturated rings. The van der Waals surface area contributed by atoms with Gasteiger partial charge >= 0.3 is 5.97 Å². The fourth-order valence-electron chi connectivity index (χ4n) is 4.32. The molecule has 4 heteroatoms. The number of carbonyl (C=O) groups is 2. The number of carboxylic acid groups (broad SMARTS) is 1. The van der Waals surface area contributed by atoms with Gasteiger partial charge in [0, 0.05) is 19.5 Å². The largest absolute Gasteiger partial charge is 0.481 e. The summed E-state index contributed by atoms with van der Waals surface area (Å²) in [4.78, 5) is 26.2. The molecule has 1 saturated heterocycles. The zero-order chi connectivity index (χ0) is 17.1. The van der Waals surface area contributed by atoms with Crippen molar-refractivity contribution in [1.29, 1.82) is 0 Å². The highest BCUT2D eigenvalue weighted by molar-refractivity contribution is 5.82. The number of fused-ring (bicyclic) bond motifs is 1. The van der Waals surface area contributed by atoms with Crippen LogP contribution in [0.4, 0.5) is 0 Å². The number of nitrogens with zero attached hydrogens (tertiary/aromatic N) is 1. The van der Waals surface area contributed by atoms with E-state index in [-0.39, 0.29) is 12.3 Å². The van der Waals surface area contributed by atoms with Crippen molar-refractivity contribution in [2.24, 2.45) is 17.8 Å². The summed E-state index contributed by atoms with van der Waals surface area (Å²) in [5.41, 5.74) is 2.11. The van der Waals surface area contributed by atoms with Crippen LogP contribution in [-0.4, -0.2) is 35.0 Å². The van der Waals surface area contributed by atoms with E-state index in [2.05, 4.69) is 0 Å². The molecule has 1 heterocycles. The van der Waals surface area contributed by atoms with Crippen LogP contribution < -0.4 is 0 Å². The monoisotopic (exact) mass is 329 g/mol. The molecule has 0 radical (unpaired) electrons. The second-order valence-electron chi connectivity index (χ2n) is 7.54. The lowest BCUT2D eigenvalue weighted by Crippen LogP contribution is -2.33. The minimum Gasteiger partial charge on any atom is -0.481 e. The van der Waals surface area contributed by atoms with Gasteiger partial charge in [0.1, 0.15) is 0 Å². The minimum atomic E-state index is -0.874. The molecule has 130 valence electrons. The Kier molecular flexibility index (Phi) is 5.22. The lowest BCUT2D eigenvalue weighted by atomic mass is 9.82. The summed E-state index contributed by atoms with van der Waals surface area (Å²) in [6.07, 6.45) is 5.52. The summed E-state index contributed by atoms with van der Waals surface area (Å²) in [7, 11) is 0. The van der Waals surface area contributed by atoms with Crippen LogP contribution in [-0.2, 0) is 16.0 Å². The first-order valence-electron chi connectivity index (χ1n) is 9.09. The average Bonchev–Trinajstić information content (AvgIpc) is 2.98. The standard InChI is InChI=1S/C20H27NO3/c1-14-5-4-6-15(9-14)10-18(20(23)24)11-19(22)21-12-16-7-2-3-8-17(16)13-21/h4-6,9,16-18H,2-3,7-8,10-13H2,1H3,(H,23,24)/t16-,17+,18?. The van der Waals surface area contributed by atoms with Gasteiger partial charge in [0.2, 0.25) is 5.91 Å². The van der Waals surface area contributed by atoms with Crippen molar-refractivity contribution < 1.29 is 14.7 Å². The average molecular weight is 329 g/mol. The van der Waals surface area contributed by atoms with E-state index < -0.39 is 11.9 Å². The Hall–Kier alpha value is -1.84. The molecule has 1 saturated carbocycles. The Labute approximate surface area is 143 Å². The normalized spacial score (nSPS) is 24.5. The molecule has 1 N–H and O–H groups in total. The third kappa shape index (κ3) is 3.97. The van der Waals surface area contributed by atoms with Crippen LogP contribution >= 0.6 is 0 Å². The summed E-state index contributed by atoms with van der Waals surface area (Å²) in [5, 5.41) is 9.53. The second kappa shape index (κ2) is 7.37. The summed E-state index contributed by atoms with van der Waals surface area (Å²) in [6, 6.07) is 7.88. The maximum Gasteiger partial charge on any atom is 0.307 e. The Bertz CT molecular complexity index is 599. The van der Waals surface area contributed by atoms with Crippen LogP contribution in [0.2, 0.25) is 0 Å². The van der Waals surface area contributed by atoms with Crippen molar-refractivity contribution in [2.45, 2.75) is 45.4 Å². The molecule has 1 aliphatic heterocycles. The first kappa shape index (κ1) is 17.0. The number of aryl methyl sites for hydroxylation is 1. The van der Waals surface area contributed by atoms with Gasteiger partial charge in [-0.15, -0.1) is 0 Å². The summed E-state index contributed by atoms with van der Waals surface area (Å²) in [6.45, 7) is 3.66. The molecule has 4 nitrogen and oxygen atoms in total. The van der Waals surface area contributed by atoms with E-state index in [9.17, 15) is 14.7 Å². The zero-order valence-corrected chi connectivity index (χ0v) is 14.4. The first-order chi connectivity index (χ1) is 11.5. The van der Waals surface area contributed by atoms with Crippen LogP contribution in [0.25, 0.3) is 0 Å². The van der Waals surface area contributed by atoms with Crippen LogP contribution in [0.5, 0.6) is 0 Å². The number of amides is 1. The summed E-state index contributed by atoms with van der Waals surface area (Å²) >= 11 is 0. The van der Waals surface area contributed by atoms with E-state index in [4.69, 9.17) is 0 Å². The maximum absolute atomic E-state index is 12.6. The van der Waals surface area contributed by atoms with E-state index in [1.165, 1.54) is 25.7 Å². The number of aliphatic carboxylic acids is 1. The van der Waals surface area contributed by atoms with E-state index in [1.807, 2.05) is 36.1 Å². The third-order valence-corrected chi connectivity index (χ3v) is 5.66. The van der Waals surface area contributed by atoms with Gasteiger partial charge in [0.15, 0.2) is 0 Å². The number of benzene rings is 1. The highest BCUT2D eigenvalue weighted by Gasteiger charge is 2.37. The molecular formula is C20H27NO3. The highest BCUT2D eigenvalue weighted by atomic mass is 16.4. The Morgan fingerprint density at radius 2 is 1.88 bits per heavy atom. The maximum atomic E-state index is 12.6. The molecule has 0 spiro atoms. The molecule has 1 unspecified atom stereocenters. The van der Waals surface area contributed by atoms with Gasteiger partial charge in [-0.3, -0.25) is 9.59 Å². The quantitative estimate of drug-likeness (QED) is 0.902. The first-order valence-corrected chi connectivity index (χ1v) is 9.09. The van der Waals surface area contributed by atoms with Crippen molar-refractivity contribution in [3.8, 4) is 0 Å². The molecule has 1 aromatic carbocycles. The van der Waals surface area contributed by atoms with Crippen molar-refractivity contribution >= 4 is 11.9 Å². The molecule has 3 rings (SSSR count). The highest BCUT2D eigenvalue weighted by Crippen LogP contribution is 2.36. The Balaban J connectivity index is 1.61. The van der Waals surface area contributed by atoms with E-state index in [0.29, 0.717) is 18.3 Å². The Morgan fingerprint density at radius 3 is 2.46 bits per heavy atom. The fourth-order valence-corrected chi connectivity index (χ4v) is 4.32. The molecule has 1 aromatic rings. The van der Waals surface area contributed by atoms with Crippen molar-refractivity contribution in [3.63, 3.8) is 0 Å². The van der Waals surface area contributed by atoms with E-state index in [0.717, 1.165) is 24.2 Å². The number of carboxylic acids is 1. The number of hydrogen-bond acceptors (Lipinski definition) is 2. The molecule has 24 heavy (non-hydrogen) atoms. The van der Waals surface area contributed by atoms with Gasteiger partial charge in [0.05, 0.1) is 5.92 Å². The number of likely N-dealkylation sites (tertiary alicyclic amines) is 1. The smallest absolute Gasteiger partial charge is 0.307 e.